The molecule has 4 aliphatic heterocycles. The van der Waals surface area contributed by atoms with E-state index in [1.54, 1.807) is 7.11 Å². The fourth-order valence-electron chi connectivity index (χ4n) is 8.96. The van der Waals surface area contributed by atoms with Gasteiger partial charge in [-0.05, 0) is 74.6 Å². The van der Waals surface area contributed by atoms with Crippen LogP contribution in [0.15, 0.2) is 17.7 Å². The van der Waals surface area contributed by atoms with Crippen molar-refractivity contribution in [1.29, 1.82) is 0 Å². The summed E-state index contributed by atoms with van der Waals surface area (Å²) in [4.78, 5) is 19.2. The number of aromatic nitrogens is 5. The van der Waals surface area contributed by atoms with Crippen LogP contribution in [0.4, 0.5) is 14.6 Å². The quantitative estimate of drug-likeness (QED) is 0.265. The summed E-state index contributed by atoms with van der Waals surface area (Å²) >= 11 is 0. The number of ether oxygens (including phenoxy) is 4. The summed E-state index contributed by atoms with van der Waals surface area (Å²) in [5.74, 6) is -0.445. The van der Waals surface area contributed by atoms with Crippen molar-refractivity contribution in [2.24, 2.45) is 0 Å². The Morgan fingerprint density at radius 1 is 1.12 bits per heavy atom. The zero-order valence-corrected chi connectivity index (χ0v) is 28.0. The van der Waals surface area contributed by atoms with Crippen molar-refractivity contribution in [2.75, 3.05) is 64.7 Å². The Morgan fingerprint density at radius 3 is 2.94 bits per heavy atom. The molecule has 1 aromatic carbocycles. The second-order valence-corrected chi connectivity index (χ2v) is 14.3. The SMILES string of the molecule is COC/C=C1\CN2CCC[C@@]2(COc2nc3c4c(nc(-c5c6c(cc7n[nH]c(F)c57)CCC[C@H]6C)c(F)c4n2)OC[C@@H]2COCCCN32)C1. The first-order chi connectivity index (χ1) is 23.9. The third-order valence-electron chi connectivity index (χ3n) is 11.3. The normalized spacial score (nSPS) is 26.0. The molecule has 49 heavy (non-hydrogen) atoms. The molecule has 0 spiro atoms. The first kappa shape index (κ1) is 31.1. The highest BCUT2D eigenvalue weighted by Crippen LogP contribution is 2.47. The van der Waals surface area contributed by atoms with Gasteiger partial charge in [-0.15, -0.1) is 0 Å². The van der Waals surface area contributed by atoms with Crippen LogP contribution in [0.5, 0.6) is 11.9 Å². The first-order valence-corrected chi connectivity index (χ1v) is 17.6. The van der Waals surface area contributed by atoms with Crippen LogP contribution in [0.2, 0.25) is 0 Å². The van der Waals surface area contributed by atoms with Gasteiger partial charge in [0.25, 0.3) is 0 Å². The minimum atomic E-state index is -0.653. The van der Waals surface area contributed by atoms with Gasteiger partial charge in [0.2, 0.25) is 11.8 Å². The van der Waals surface area contributed by atoms with Crippen molar-refractivity contribution in [3.05, 3.63) is 40.6 Å². The number of aromatic amines is 1. The Bertz CT molecular complexity index is 1980. The minimum absolute atomic E-state index is 0.00613. The van der Waals surface area contributed by atoms with E-state index >= 15 is 8.78 Å². The summed E-state index contributed by atoms with van der Waals surface area (Å²) in [6.07, 6.45) is 8.61. The summed E-state index contributed by atoms with van der Waals surface area (Å²) in [7, 11) is 1.71. The van der Waals surface area contributed by atoms with E-state index in [1.165, 1.54) is 5.57 Å². The molecule has 13 heteroatoms. The molecule has 258 valence electrons. The predicted octanol–water partition coefficient (Wildman–Crippen LogP) is 5.46. The molecule has 0 amide bonds. The molecule has 7 heterocycles. The number of anilines is 1. The van der Waals surface area contributed by atoms with E-state index < -0.39 is 11.8 Å². The molecule has 1 N–H and O–H groups in total. The van der Waals surface area contributed by atoms with Gasteiger partial charge < -0.3 is 23.8 Å². The van der Waals surface area contributed by atoms with Crippen molar-refractivity contribution >= 4 is 27.6 Å². The molecular formula is C36H41F2N7O4. The number of methoxy groups -OCH3 is 1. The number of aryl methyl sites for hydroxylation is 1. The Labute approximate surface area is 283 Å². The van der Waals surface area contributed by atoms with Crippen molar-refractivity contribution < 1.29 is 27.7 Å². The Balaban J connectivity index is 1.22. The van der Waals surface area contributed by atoms with Gasteiger partial charge in [0.1, 0.15) is 35.6 Å². The molecule has 9 rings (SSSR count). The smallest absolute Gasteiger partial charge is 0.319 e. The molecule has 4 aromatic rings. The average Bonchev–Trinajstić information content (AvgIpc) is 3.67. The van der Waals surface area contributed by atoms with Gasteiger partial charge in [0, 0.05) is 32.4 Å². The fourth-order valence-corrected chi connectivity index (χ4v) is 8.96. The van der Waals surface area contributed by atoms with Gasteiger partial charge in [0.15, 0.2) is 5.82 Å². The molecule has 0 saturated carbocycles. The topological polar surface area (TPSA) is 111 Å². The highest BCUT2D eigenvalue weighted by Gasteiger charge is 2.47. The molecule has 0 bridgehead atoms. The number of H-pyrrole nitrogens is 1. The van der Waals surface area contributed by atoms with Crippen LogP contribution in [0.25, 0.3) is 33.1 Å². The van der Waals surface area contributed by atoms with Crippen LogP contribution in [0.3, 0.4) is 0 Å². The molecular weight excluding hydrogens is 632 g/mol. The number of fused-ring (bicyclic) bond motifs is 5. The van der Waals surface area contributed by atoms with E-state index in [0.29, 0.717) is 55.3 Å². The van der Waals surface area contributed by atoms with Gasteiger partial charge in [0.05, 0.1) is 35.7 Å². The summed E-state index contributed by atoms with van der Waals surface area (Å²) in [5.41, 5.74) is 4.02. The second kappa shape index (κ2) is 12.1. The predicted molar refractivity (Wildman–Crippen MR) is 179 cm³/mol. The summed E-state index contributed by atoms with van der Waals surface area (Å²) in [6.45, 7) is 6.91. The number of nitrogens with zero attached hydrogens (tertiary/aromatic N) is 6. The van der Waals surface area contributed by atoms with Crippen LogP contribution in [-0.4, -0.2) is 101 Å². The lowest BCUT2D eigenvalue weighted by Crippen LogP contribution is -2.43. The van der Waals surface area contributed by atoms with Crippen LogP contribution >= 0.6 is 0 Å². The summed E-state index contributed by atoms with van der Waals surface area (Å²) in [5, 5.41) is 7.34. The fraction of sp³-hybridized carbons (Fsp3) is 0.556. The Morgan fingerprint density at radius 2 is 2.04 bits per heavy atom. The monoisotopic (exact) mass is 673 g/mol. The van der Waals surface area contributed by atoms with E-state index in [4.69, 9.17) is 33.9 Å². The van der Waals surface area contributed by atoms with Gasteiger partial charge in [-0.3, -0.25) is 10.00 Å². The second-order valence-electron chi connectivity index (χ2n) is 14.3. The van der Waals surface area contributed by atoms with Gasteiger partial charge >= 0.3 is 6.01 Å². The van der Waals surface area contributed by atoms with Crippen LogP contribution in [-0.2, 0) is 15.9 Å². The number of pyridine rings is 1. The van der Waals surface area contributed by atoms with Gasteiger partial charge in [-0.25, -0.2) is 9.37 Å². The third kappa shape index (κ3) is 5.06. The third-order valence-corrected chi connectivity index (χ3v) is 11.3. The van der Waals surface area contributed by atoms with Crippen molar-refractivity contribution in [3.63, 3.8) is 0 Å². The molecule has 0 unspecified atom stereocenters. The van der Waals surface area contributed by atoms with Crippen molar-refractivity contribution in [2.45, 2.75) is 69.4 Å². The summed E-state index contributed by atoms with van der Waals surface area (Å²) < 4.78 is 57.1. The maximum absolute atomic E-state index is 17.4. The Hall–Kier alpha value is -3.94. The van der Waals surface area contributed by atoms with E-state index in [9.17, 15) is 0 Å². The molecule has 0 radical (unpaired) electrons. The highest BCUT2D eigenvalue weighted by atomic mass is 19.1. The van der Waals surface area contributed by atoms with Crippen molar-refractivity contribution in [1.82, 2.24) is 30.0 Å². The maximum atomic E-state index is 17.4. The largest absolute Gasteiger partial charge is 0.475 e. The number of hydrogen-bond acceptors (Lipinski definition) is 10. The standard InChI is InChI=1S/C36H41F2N7O4/c1-20-6-3-7-22-14-24-26(32(38)43-42-24)27(25(20)22)30-29(37)31-28-33(45-11-5-12-47-17-23(45)18-48-34(28)39-30)41-35(40-31)49-19-36-9-4-10-44(36)16-21(15-36)8-13-46-2/h8,14,20,23H,3-7,9-13,15-19H2,1-2H3,(H,42,43)/b21-8-/t20-,23+,36+/m1/s1. The van der Waals surface area contributed by atoms with E-state index in [2.05, 4.69) is 33.0 Å². The average molecular weight is 674 g/mol. The zero-order chi connectivity index (χ0) is 33.3. The van der Waals surface area contributed by atoms with E-state index in [1.807, 2.05) is 6.07 Å². The van der Waals surface area contributed by atoms with Crippen LogP contribution in [0.1, 0.15) is 62.5 Å². The van der Waals surface area contributed by atoms with Crippen molar-refractivity contribution in [3.8, 4) is 23.1 Å². The molecule has 1 aliphatic carbocycles. The number of hydrogen-bond donors (Lipinski definition) is 1. The lowest BCUT2D eigenvalue weighted by Gasteiger charge is -2.31. The molecule has 3 saturated heterocycles. The van der Waals surface area contributed by atoms with Gasteiger partial charge in [-0.2, -0.15) is 19.5 Å². The first-order valence-electron chi connectivity index (χ1n) is 17.6. The highest BCUT2D eigenvalue weighted by molar-refractivity contribution is 6.02. The number of rotatable bonds is 6. The molecule has 3 aromatic heterocycles. The van der Waals surface area contributed by atoms with Gasteiger partial charge in [-0.1, -0.05) is 18.6 Å². The number of nitrogens with one attached hydrogen (secondary N) is 1. The Kier molecular flexibility index (Phi) is 7.69. The van der Waals surface area contributed by atoms with Crippen LogP contribution < -0.4 is 14.4 Å². The molecule has 3 atom stereocenters. The number of benzene rings is 1. The number of halogens is 2. The summed E-state index contributed by atoms with van der Waals surface area (Å²) in [6, 6.07) is 1.86. The molecule has 11 nitrogen and oxygen atoms in total. The lowest BCUT2D eigenvalue weighted by atomic mass is 9.79. The molecule has 3 fully saturated rings. The lowest BCUT2D eigenvalue weighted by molar-refractivity contribution is 0.108. The van der Waals surface area contributed by atoms with Crippen LogP contribution in [0, 0.1) is 11.8 Å². The van der Waals surface area contributed by atoms with E-state index in [-0.39, 0.29) is 52.6 Å². The maximum Gasteiger partial charge on any atom is 0.319 e. The molecule has 5 aliphatic rings. The zero-order valence-electron chi connectivity index (χ0n) is 28.0. The minimum Gasteiger partial charge on any atom is -0.475 e. The van der Waals surface area contributed by atoms with E-state index in [0.717, 1.165) is 69.2 Å².